The normalized spacial score (nSPS) is 11.6. The zero-order valence-corrected chi connectivity index (χ0v) is 14.7. The van der Waals surface area contributed by atoms with Gasteiger partial charge in [0.25, 0.3) is 0 Å². The zero-order chi connectivity index (χ0) is 16.7. The van der Waals surface area contributed by atoms with Gasteiger partial charge in [0.05, 0.1) is 10.6 Å². The van der Waals surface area contributed by atoms with Gasteiger partial charge in [0.15, 0.2) is 9.84 Å². The second-order valence-corrected chi connectivity index (χ2v) is 7.81. The molecule has 23 heavy (non-hydrogen) atoms. The topological polar surface area (TPSA) is 43.4 Å². The van der Waals surface area contributed by atoms with Gasteiger partial charge < -0.3 is 4.74 Å². The molecule has 0 saturated heterocycles. The van der Waals surface area contributed by atoms with E-state index in [4.69, 9.17) is 16.3 Å². The maximum atomic E-state index is 12.2. The molecule has 5 heteroatoms. The first-order valence-corrected chi connectivity index (χ1v) is 9.72. The Morgan fingerprint density at radius 2 is 1.52 bits per heavy atom. The van der Waals surface area contributed by atoms with Gasteiger partial charge in [-0.05, 0) is 41.7 Å². The van der Waals surface area contributed by atoms with Crippen molar-refractivity contribution in [2.75, 3.05) is 25.3 Å². The van der Waals surface area contributed by atoms with E-state index in [-0.39, 0.29) is 5.75 Å². The highest BCUT2D eigenvalue weighted by Crippen LogP contribution is 2.22. The molecule has 0 radical (unpaired) electrons. The molecular weight excluding hydrogens is 332 g/mol. The molecule has 3 nitrogen and oxygen atoms in total. The third-order valence-corrected chi connectivity index (χ3v) is 5.65. The van der Waals surface area contributed by atoms with Crippen LogP contribution in [0.5, 0.6) is 0 Å². The lowest BCUT2D eigenvalue weighted by Gasteiger charge is -2.07. The number of rotatable bonds is 8. The average Bonchev–Trinajstić information content (AvgIpc) is 2.56. The summed E-state index contributed by atoms with van der Waals surface area (Å²) in [5.41, 5.74) is 3.26. The molecule has 0 aliphatic carbocycles. The van der Waals surface area contributed by atoms with E-state index in [1.165, 1.54) is 5.56 Å². The van der Waals surface area contributed by atoms with Crippen LogP contribution in [0.15, 0.2) is 53.4 Å². The van der Waals surface area contributed by atoms with Gasteiger partial charge in [-0.15, -0.1) is 11.6 Å². The number of sulfone groups is 1. The molecule has 0 fully saturated rings. The maximum Gasteiger partial charge on any atom is 0.178 e. The Balaban J connectivity index is 2.12. The average molecular weight is 353 g/mol. The van der Waals surface area contributed by atoms with Crippen LogP contribution in [0, 0.1) is 0 Å². The van der Waals surface area contributed by atoms with Crippen molar-refractivity contribution in [3.63, 3.8) is 0 Å². The SMILES string of the molecule is COCCCS(=O)(=O)c1ccc(-c2ccc(CCCl)cc2)cc1. The second-order valence-electron chi connectivity index (χ2n) is 5.33. The van der Waals surface area contributed by atoms with E-state index < -0.39 is 9.84 Å². The molecule has 0 heterocycles. The summed E-state index contributed by atoms with van der Waals surface area (Å²) in [5.74, 6) is 0.711. The van der Waals surface area contributed by atoms with Crippen molar-refractivity contribution in [3.8, 4) is 11.1 Å². The minimum atomic E-state index is -3.24. The Morgan fingerprint density at radius 3 is 2.04 bits per heavy atom. The molecule has 0 aliphatic rings. The fourth-order valence-electron chi connectivity index (χ4n) is 2.34. The molecule has 0 unspecified atom stereocenters. The number of aryl methyl sites for hydroxylation is 1. The van der Waals surface area contributed by atoms with E-state index >= 15 is 0 Å². The molecule has 2 aromatic carbocycles. The van der Waals surface area contributed by atoms with Crippen LogP contribution in [0.1, 0.15) is 12.0 Å². The van der Waals surface area contributed by atoms with Gasteiger partial charge in [0, 0.05) is 19.6 Å². The van der Waals surface area contributed by atoms with Crippen LogP contribution in [0.2, 0.25) is 0 Å². The highest BCUT2D eigenvalue weighted by Gasteiger charge is 2.13. The highest BCUT2D eigenvalue weighted by atomic mass is 35.5. The summed E-state index contributed by atoms with van der Waals surface area (Å²) in [6, 6.07) is 15.2. The minimum absolute atomic E-state index is 0.104. The molecule has 0 amide bonds. The Kier molecular flexibility index (Phi) is 6.63. The Hall–Kier alpha value is -1.36. The van der Waals surface area contributed by atoms with Crippen LogP contribution in [0.25, 0.3) is 11.1 Å². The maximum absolute atomic E-state index is 12.2. The summed E-state index contributed by atoms with van der Waals surface area (Å²) >= 11 is 5.73. The van der Waals surface area contributed by atoms with Crippen LogP contribution < -0.4 is 0 Å². The summed E-state index contributed by atoms with van der Waals surface area (Å²) in [6.07, 6.45) is 1.35. The summed E-state index contributed by atoms with van der Waals surface area (Å²) in [6.45, 7) is 0.450. The Labute approximate surface area is 143 Å². The van der Waals surface area contributed by atoms with Crippen molar-refractivity contribution in [1.29, 1.82) is 0 Å². The van der Waals surface area contributed by atoms with E-state index in [0.29, 0.717) is 23.8 Å². The summed E-state index contributed by atoms with van der Waals surface area (Å²) in [7, 11) is -1.67. The number of ether oxygens (including phenoxy) is 1. The van der Waals surface area contributed by atoms with Crippen molar-refractivity contribution >= 4 is 21.4 Å². The molecule has 0 N–H and O–H groups in total. The molecule has 2 aromatic rings. The number of hydrogen-bond donors (Lipinski definition) is 0. The summed E-state index contributed by atoms with van der Waals surface area (Å²) in [5, 5.41) is 0. The predicted molar refractivity (Wildman–Crippen MR) is 94.8 cm³/mol. The van der Waals surface area contributed by atoms with E-state index in [1.807, 2.05) is 36.4 Å². The fraction of sp³-hybridized carbons (Fsp3) is 0.333. The molecular formula is C18H21ClO3S. The number of methoxy groups -OCH3 is 1. The molecule has 0 saturated carbocycles. The van der Waals surface area contributed by atoms with Crippen molar-refractivity contribution in [3.05, 3.63) is 54.1 Å². The number of halogens is 1. The largest absolute Gasteiger partial charge is 0.385 e. The van der Waals surface area contributed by atoms with Crippen molar-refractivity contribution < 1.29 is 13.2 Å². The molecule has 0 atom stereocenters. The quantitative estimate of drug-likeness (QED) is 0.533. The lowest BCUT2D eigenvalue weighted by molar-refractivity contribution is 0.199. The van der Waals surface area contributed by atoms with Gasteiger partial charge in [-0.25, -0.2) is 8.42 Å². The molecule has 0 aromatic heterocycles. The fourth-order valence-corrected chi connectivity index (χ4v) is 3.84. The third-order valence-electron chi connectivity index (χ3n) is 3.65. The van der Waals surface area contributed by atoms with E-state index in [1.54, 1.807) is 19.2 Å². The molecule has 0 bridgehead atoms. The Morgan fingerprint density at radius 1 is 0.957 bits per heavy atom. The predicted octanol–water partition coefficient (Wildman–Crippen LogP) is 3.95. The van der Waals surface area contributed by atoms with Crippen molar-refractivity contribution in [1.82, 2.24) is 0 Å². The third kappa shape index (κ3) is 5.06. The van der Waals surface area contributed by atoms with Gasteiger partial charge >= 0.3 is 0 Å². The van der Waals surface area contributed by atoms with Gasteiger partial charge in [0.2, 0.25) is 0 Å². The first-order chi connectivity index (χ1) is 11.1. The summed E-state index contributed by atoms with van der Waals surface area (Å²) < 4.78 is 29.3. The molecule has 0 aliphatic heterocycles. The van der Waals surface area contributed by atoms with Gasteiger partial charge in [0.1, 0.15) is 0 Å². The highest BCUT2D eigenvalue weighted by molar-refractivity contribution is 7.91. The lowest BCUT2D eigenvalue weighted by atomic mass is 10.0. The smallest absolute Gasteiger partial charge is 0.178 e. The first-order valence-electron chi connectivity index (χ1n) is 7.54. The lowest BCUT2D eigenvalue weighted by Crippen LogP contribution is -2.08. The van der Waals surface area contributed by atoms with Gasteiger partial charge in [-0.2, -0.15) is 0 Å². The molecule has 2 rings (SSSR count). The minimum Gasteiger partial charge on any atom is -0.385 e. The number of alkyl halides is 1. The van der Waals surface area contributed by atoms with E-state index in [2.05, 4.69) is 0 Å². The van der Waals surface area contributed by atoms with Crippen LogP contribution in [0.4, 0.5) is 0 Å². The summed E-state index contributed by atoms with van der Waals surface area (Å²) in [4.78, 5) is 0.358. The Bertz CT molecular complexity index is 707. The first kappa shape index (κ1) is 18.0. The molecule has 0 spiro atoms. The zero-order valence-electron chi connectivity index (χ0n) is 13.2. The van der Waals surface area contributed by atoms with E-state index in [9.17, 15) is 8.42 Å². The van der Waals surface area contributed by atoms with Gasteiger partial charge in [-0.3, -0.25) is 0 Å². The van der Waals surface area contributed by atoms with Crippen molar-refractivity contribution in [2.45, 2.75) is 17.7 Å². The van der Waals surface area contributed by atoms with Crippen LogP contribution in [-0.2, 0) is 21.0 Å². The number of hydrogen-bond acceptors (Lipinski definition) is 3. The van der Waals surface area contributed by atoms with Crippen LogP contribution in [0.3, 0.4) is 0 Å². The molecule has 124 valence electrons. The standard InChI is InChI=1S/C18H21ClO3S/c1-22-13-2-14-23(20,21)18-9-7-17(8-10-18)16-5-3-15(4-6-16)11-12-19/h3-10H,2,11-14H2,1H3. The van der Waals surface area contributed by atoms with E-state index in [0.717, 1.165) is 17.5 Å². The van der Waals surface area contributed by atoms with Crippen molar-refractivity contribution in [2.24, 2.45) is 0 Å². The van der Waals surface area contributed by atoms with Crippen LogP contribution >= 0.6 is 11.6 Å². The number of benzene rings is 2. The monoisotopic (exact) mass is 352 g/mol. The van der Waals surface area contributed by atoms with Crippen LogP contribution in [-0.4, -0.2) is 33.8 Å². The van der Waals surface area contributed by atoms with Gasteiger partial charge in [-0.1, -0.05) is 36.4 Å². The second kappa shape index (κ2) is 8.48.